The molecule has 0 aromatic heterocycles. The van der Waals surface area contributed by atoms with Gasteiger partial charge < -0.3 is 9.47 Å². The van der Waals surface area contributed by atoms with Gasteiger partial charge in [0.25, 0.3) is 11.8 Å². The van der Waals surface area contributed by atoms with Crippen LogP contribution in [0.15, 0.2) is 78.4 Å². The van der Waals surface area contributed by atoms with Crippen molar-refractivity contribution in [2.45, 2.75) is 6.61 Å². The molecule has 0 spiro atoms. The Morgan fingerprint density at radius 2 is 1.67 bits per heavy atom. The molecule has 1 aliphatic rings. The second-order valence-electron chi connectivity index (χ2n) is 7.14. The van der Waals surface area contributed by atoms with Crippen molar-refractivity contribution in [3.63, 3.8) is 0 Å². The number of hydrogen-bond acceptors (Lipinski definition) is 5. The van der Waals surface area contributed by atoms with Crippen molar-refractivity contribution in [2.75, 3.05) is 12.0 Å². The monoisotopic (exact) mass is 462 g/mol. The number of halogens is 1. The second-order valence-corrected chi connectivity index (χ2v) is 7.58. The molecule has 1 heterocycles. The van der Waals surface area contributed by atoms with Crippen LogP contribution in [-0.2, 0) is 16.2 Å². The van der Waals surface area contributed by atoms with Crippen LogP contribution in [0.25, 0.3) is 6.08 Å². The van der Waals surface area contributed by atoms with Crippen molar-refractivity contribution >= 4 is 41.2 Å². The minimum atomic E-state index is -0.813. The predicted octanol–water partition coefficient (Wildman–Crippen LogP) is 4.59. The minimum absolute atomic E-state index is 0.166. The molecule has 4 amide bonds. The van der Waals surface area contributed by atoms with Crippen molar-refractivity contribution in [1.82, 2.24) is 5.32 Å². The van der Waals surface area contributed by atoms with Crippen LogP contribution in [0.2, 0.25) is 5.02 Å². The summed E-state index contributed by atoms with van der Waals surface area (Å²) in [6.45, 7) is 0.330. The fourth-order valence-corrected chi connectivity index (χ4v) is 3.36. The Morgan fingerprint density at radius 1 is 0.939 bits per heavy atom. The van der Waals surface area contributed by atoms with Gasteiger partial charge in [0.2, 0.25) is 0 Å². The third kappa shape index (κ3) is 5.05. The van der Waals surface area contributed by atoms with Gasteiger partial charge in [-0.2, -0.15) is 0 Å². The molecule has 0 radical (unpaired) electrons. The summed E-state index contributed by atoms with van der Waals surface area (Å²) >= 11 is 5.90. The number of rotatable bonds is 6. The Balaban J connectivity index is 1.55. The lowest BCUT2D eigenvalue weighted by atomic mass is 10.1. The second kappa shape index (κ2) is 9.58. The highest BCUT2D eigenvalue weighted by molar-refractivity contribution is 6.39. The Kier molecular flexibility index (Phi) is 6.42. The fraction of sp³-hybridized carbons (Fsp3) is 0.0800. The van der Waals surface area contributed by atoms with Gasteiger partial charge in [0, 0.05) is 5.02 Å². The van der Waals surface area contributed by atoms with Gasteiger partial charge in [-0.25, -0.2) is 9.69 Å². The van der Waals surface area contributed by atoms with E-state index in [1.54, 1.807) is 60.7 Å². The number of imide groups is 2. The van der Waals surface area contributed by atoms with Crippen molar-refractivity contribution in [1.29, 1.82) is 0 Å². The maximum absolute atomic E-state index is 13.0. The normalized spacial score (nSPS) is 14.9. The van der Waals surface area contributed by atoms with E-state index in [2.05, 4.69) is 5.32 Å². The van der Waals surface area contributed by atoms with Gasteiger partial charge >= 0.3 is 6.03 Å². The highest BCUT2D eigenvalue weighted by Gasteiger charge is 2.36. The van der Waals surface area contributed by atoms with E-state index in [-0.39, 0.29) is 5.57 Å². The Bertz CT molecular complexity index is 1240. The third-order valence-corrected chi connectivity index (χ3v) is 5.17. The molecule has 1 saturated heterocycles. The number of methoxy groups -OCH3 is 1. The lowest BCUT2D eigenvalue weighted by Gasteiger charge is -2.26. The third-order valence-electron chi connectivity index (χ3n) is 4.92. The number of nitrogens with zero attached hydrogens (tertiary/aromatic N) is 1. The van der Waals surface area contributed by atoms with Gasteiger partial charge in [-0.05, 0) is 65.7 Å². The topological polar surface area (TPSA) is 84.9 Å². The molecule has 0 aliphatic carbocycles. The van der Waals surface area contributed by atoms with E-state index in [0.29, 0.717) is 34.4 Å². The standard InChI is InChI=1S/C25H19ClN2O5/c1-32-20-11-9-19(10-12-20)28-24(30)22(23(29)27-25(28)31)14-17-3-2-4-21(13-17)33-15-16-5-7-18(26)8-6-16/h2-14H,15H2,1H3,(H,27,29,31)/b22-14-. The van der Waals surface area contributed by atoms with E-state index >= 15 is 0 Å². The first-order chi connectivity index (χ1) is 15.9. The molecule has 7 nitrogen and oxygen atoms in total. The molecule has 8 heteroatoms. The maximum Gasteiger partial charge on any atom is 0.335 e. The zero-order valence-corrected chi connectivity index (χ0v) is 18.3. The summed E-state index contributed by atoms with van der Waals surface area (Å²) in [5.41, 5.74) is 1.67. The van der Waals surface area contributed by atoms with Crippen LogP contribution < -0.4 is 19.7 Å². The van der Waals surface area contributed by atoms with Crippen LogP contribution in [-0.4, -0.2) is 25.0 Å². The van der Waals surface area contributed by atoms with Crippen LogP contribution >= 0.6 is 11.6 Å². The summed E-state index contributed by atoms with van der Waals surface area (Å²) < 4.78 is 10.9. The summed E-state index contributed by atoms with van der Waals surface area (Å²) in [7, 11) is 1.51. The molecule has 1 N–H and O–H groups in total. The Morgan fingerprint density at radius 3 is 2.36 bits per heavy atom. The van der Waals surface area contributed by atoms with E-state index in [9.17, 15) is 14.4 Å². The zero-order valence-electron chi connectivity index (χ0n) is 17.6. The molecule has 1 fully saturated rings. The van der Waals surface area contributed by atoms with Gasteiger partial charge in [-0.15, -0.1) is 0 Å². The summed E-state index contributed by atoms with van der Waals surface area (Å²) in [6, 6.07) is 19.8. The Labute approximate surface area is 195 Å². The van der Waals surface area contributed by atoms with E-state index in [1.165, 1.54) is 13.2 Å². The molecule has 0 saturated carbocycles. The summed E-state index contributed by atoms with van der Waals surface area (Å²) in [5, 5.41) is 2.85. The average molecular weight is 463 g/mol. The quantitative estimate of drug-likeness (QED) is 0.427. The Hall–Kier alpha value is -4.10. The van der Waals surface area contributed by atoms with Crippen LogP contribution in [0.5, 0.6) is 11.5 Å². The SMILES string of the molecule is COc1ccc(N2C(=O)NC(=O)/C(=C/c3cccc(OCc4ccc(Cl)cc4)c3)C2=O)cc1. The molecule has 3 aromatic rings. The van der Waals surface area contributed by atoms with Gasteiger partial charge in [0.15, 0.2) is 0 Å². The van der Waals surface area contributed by atoms with Gasteiger partial charge in [-0.1, -0.05) is 35.9 Å². The molecule has 166 valence electrons. The molecular weight excluding hydrogens is 444 g/mol. The molecule has 4 rings (SSSR count). The van der Waals surface area contributed by atoms with Crippen LogP contribution in [0.4, 0.5) is 10.5 Å². The molecule has 0 unspecified atom stereocenters. The van der Waals surface area contributed by atoms with Gasteiger partial charge in [0.05, 0.1) is 12.8 Å². The first-order valence-corrected chi connectivity index (χ1v) is 10.4. The molecule has 33 heavy (non-hydrogen) atoms. The highest BCUT2D eigenvalue weighted by Crippen LogP contribution is 2.25. The highest BCUT2D eigenvalue weighted by atomic mass is 35.5. The van der Waals surface area contributed by atoms with Crippen molar-refractivity contribution < 1.29 is 23.9 Å². The summed E-state index contributed by atoms with van der Waals surface area (Å²) in [5.74, 6) is -0.347. The number of amides is 4. The first-order valence-electron chi connectivity index (χ1n) is 9.97. The van der Waals surface area contributed by atoms with Crippen molar-refractivity contribution in [3.8, 4) is 11.5 Å². The molecular formula is C25H19ClN2O5. The first kappa shape index (κ1) is 22.1. The van der Waals surface area contributed by atoms with Crippen molar-refractivity contribution in [2.24, 2.45) is 0 Å². The molecule has 1 aliphatic heterocycles. The van der Waals surface area contributed by atoms with Crippen molar-refractivity contribution in [3.05, 3.63) is 94.5 Å². The number of benzene rings is 3. The van der Waals surface area contributed by atoms with Crippen LogP contribution in [0.1, 0.15) is 11.1 Å². The number of anilines is 1. The van der Waals surface area contributed by atoms with E-state index in [1.807, 2.05) is 12.1 Å². The molecule has 3 aromatic carbocycles. The number of ether oxygens (including phenoxy) is 2. The predicted molar refractivity (Wildman–Crippen MR) is 124 cm³/mol. The van der Waals surface area contributed by atoms with Gasteiger partial charge in [0.1, 0.15) is 23.7 Å². The number of carbonyl (C=O) groups excluding carboxylic acids is 3. The van der Waals surface area contributed by atoms with Crippen LogP contribution in [0.3, 0.4) is 0 Å². The summed E-state index contributed by atoms with van der Waals surface area (Å²) in [4.78, 5) is 38.7. The number of barbiturate groups is 1. The number of carbonyl (C=O) groups is 3. The lowest BCUT2D eigenvalue weighted by molar-refractivity contribution is -0.122. The van der Waals surface area contributed by atoms with E-state index < -0.39 is 17.8 Å². The number of urea groups is 1. The van der Waals surface area contributed by atoms with E-state index in [4.69, 9.17) is 21.1 Å². The minimum Gasteiger partial charge on any atom is -0.497 e. The smallest absolute Gasteiger partial charge is 0.335 e. The fourth-order valence-electron chi connectivity index (χ4n) is 3.23. The van der Waals surface area contributed by atoms with Crippen LogP contribution in [0, 0.1) is 0 Å². The maximum atomic E-state index is 13.0. The number of hydrogen-bond donors (Lipinski definition) is 1. The summed E-state index contributed by atoms with van der Waals surface area (Å²) in [6.07, 6.45) is 1.43. The molecule has 0 bridgehead atoms. The van der Waals surface area contributed by atoms with E-state index in [0.717, 1.165) is 10.5 Å². The average Bonchev–Trinajstić information content (AvgIpc) is 2.82. The molecule has 0 atom stereocenters. The number of nitrogens with one attached hydrogen (secondary N) is 1. The largest absolute Gasteiger partial charge is 0.497 e. The lowest BCUT2D eigenvalue weighted by Crippen LogP contribution is -2.54. The zero-order chi connectivity index (χ0) is 23.4. The van der Waals surface area contributed by atoms with Gasteiger partial charge in [-0.3, -0.25) is 14.9 Å².